The fraction of sp³-hybridized carbons (Fsp3) is 0.400. The van der Waals surface area contributed by atoms with Crippen LogP contribution in [0.3, 0.4) is 0 Å². The minimum atomic E-state index is 0.149. The molecular weight excluding hydrogens is 374 g/mol. The highest BCUT2D eigenvalue weighted by atomic mass is 16.5. The molecule has 0 saturated carbocycles. The lowest BCUT2D eigenvalue weighted by atomic mass is 10.00. The summed E-state index contributed by atoms with van der Waals surface area (Å²) in [7, 11) is 1.67. The predicted octanol–water partition coefficient (Wildman–Crippen LogP) is 4.38. The summed E-state index contributed by atoms with van der Waals surface area (Å²) in [5.41, 5.74) is 4.50. The first-order valence-corrected chi connectivity index (χ1v) is 10.9. The monoisotopic (exact) mass is 405 g/mol. The van der Waals surface area contributed by atoms with Crippen LogP contribution in [-0.4, -0.2) is 48.6 Å². The Morgan fingerprint density at radius 2 is 1.87 bits per heavy atom. The number of aryl methyl sites for hydroxylation is 1. The number of amides is 1. The first-order valence-electron chi connectivity index (χ1n) is 10.9. The number of carbonyl (C=O) groups excluding carboxylic acids is 1. The van der Waals surface area contributed by atoms with Gasteiger partial charge < -0.3 is 19.9 Å². The predicted molar refractivity (Wildman–Crippen MR) is 122 cm³/mol. The lowest BCUT2D eigenvalue weighted by Gasteiger charge is -2.31. The lowest BCUT2D eigenvalue weighted by Crippen LogP contribution is -2.44. The van der Waals surface area contributed by atoms with E-state index in [0.29, 0.717) is 18.9 Å². The molecule has 1 fully saturated rings. The summed E-state index contributed by atoms with van der Waals surface area (Å²) in [6.07, 6.45) is 3.30. The largest absolute Gasteiger partial charge is 0.497 e. The molecule has 1 aliphatic heterocycles. The number of hydrogen-bond donors (Lipinski definition) is 2. The third-order valence-electron chi connectivity index (χ3n) is 6.19. The summed E-state index contributed by atoms with van der Waals surface area (Å²) >= 11 is 0. The molecule has 1 amide bonds. The Morgan fingerprint density at radius 1 is 1.13 bits per heavy atom. The van der Waals surface area contributed by atoms with Crippen molar-refractivity contribution in [2.24, 2.45) is 0 Å². The van der Waals surface area contributed by atoms with Crippen LogP contribution in [0.4, 0.5) is 0 Å². The van der Waals surface area contributed by atoms with E-state index >= 15 is 0 Å². The molecule has 3 aromatic rings. The molecule has 4 rings (SSSR count). The molecule has 0 aliphatic carbocycles. The smallest absolute Gasteiger partial charge is 0.220 e. The quantitative estimate of drug-likeness (QED) is 0.613. The number of piperidine rings is 1. The normalized spacial score (nSPS) is 15.4. The molecule has 2 heterocycles. The highest BCUT2D eigenvalue weighted by molar-refractivity contribution is 5.91. The van der Waals surface area contributed by atoms with Gasteiger partial charge in [-0.25, -0.2) is 0 Å². The van der Waals surface area contributed by atoms with Crippen molar-refractivity contribution in [3.05, 3.63) is 54.1 Å². The highest BCUT2D eigenvalue weighted by Gasteiger charge is 2.20. The lowest BCUT2D eigenvalue weighted by molar-refractivity contribution is -0.122. The Labute approximate surface area is 178 Å². The van der Waals surface area contributed by atoms with Crippen LogP contribution >= 0.6 is 0 Å². The summed E-state index contributed by atoms with van der Waals surface area (Å²) in [5.74, 6) is 0.987. The first-order chi connectivity index (χ1) is 14.7. The summed E-state index contributed by atoms with van der Waals surface area (Å²) < 4.78 is 5.29. The molecule has 2 N–H and O–H groups in total. The van der Waals surface area contributed by atoms with Crippen molar-refractivity contribution in [3.8, 4) is 17.0 Å². The Bertz CT molecular complexity index is 985. The zero-order valence-electron chi connectivity index (χ0n) is 17.9. The van der Waals surface area contributed by atoms with Gasteiger partial charge in [0, 0.05) is 42.1 Å². The molecule has 1 aliphatic rings. The zero-order valence-corrected chi connectivity index (χ0v) is 17.9. The number of nitrogens with zero attached hydrogens (tertiary/aromatic N) is 1. The van der Waals surface area contributed by atoms with Crippen molar-refractivity contribution in [2.45, 2.75) is 38.6 Å². The van der Waals surface area contributed by atoms with Crippen LogP contribution < -0.4 is 10.1 Å². The average molecular weight is 406 g/mol. The Morgan fingerprint density at radius 3 is 2.57 bits per heavy atom. The number of hydrogen-bond acceptors (Lipinski definition) is 3. The van der Waals surface area contributed by atoms with E-state index in [1.54, 1.807) is 7.11 Å². The van der Waals surface area contributed by atoms with E-state index in [0.717, 1.165) is 55.0 Å². The average Bonchev–Trinajstić information content (AvgIpc) is 3.17. The molecule has 0 bridgehead atoms. The van der Waals surface area contributed by atoms with Crippen LogP contribution in [0.5, 0.6) is 5.75 Å². The number of methoxy groups -OCH3 is 1. The Balaban J connectivity index is 1.48. The number of carbonyl (C=O) groups is 1. The van der Waals surface area contributed by atoms with E-state index in [-0.39, 0.29) is 5.91 Å². The van der Waals surface area contributed by atoms with Gasteiger partial charge in [0.1, 0.15) is 5.75 Å². The molecule has 0 unspecified atom stereocenters. The third-order valence-corrected chi connectivity index (χ3v) is 6.19. The zero-order chi connectivity index (χ0) is 20.9. The molecule has 0 radical (unpaired) electrons. The molecule has 2 aromatic carbocycles. The number of aromatic nitrogens is 1. The maximum absolute atomic E-state index is 12.7. The van der Waals surface area contributed by atoms with Crippen LogP contribution in [0, 0.1) is 0 Å². The van der Waals surface area contributed by atoms with Gasteiger partial charge in [-0.1, -0.05) is 25.1 Å². The Hall–Kier alpha value is -2.79. The molecule has 0 spiro atoms. The summed E-state index contributed by atoms with van der Waals surface area (Å²) in [4.78, 5) is 18.7. The number of para-hydroxylation sites is 1. The Kier molecular flexibility index (Phi) is 6.38. The maximum atomic E-state index is 12.7. The van der Waals surface area contributed by atoms with Crippen molar-refractivity contribution in [1.82, 2.24) is 15.2 Å². The third kappa shape index (κ3) is 4.51. The van der Waals surface area contributed by atoms with E-state index in [1.807, 2.05) is 18.2 Å². The van der Waals surface area contributed by atoms with Gasteiger partial charge in [-0.05, 0) is 67.3 Å². The maximum Gasteiger partial charge on any atom is 0.220 e. The molecule has 30 heavy (non-hydrogen) atoms. The van der Waals surface area contributed by atoms with Crippen molar-refractivity contribution >= 4 is 16.8 Å². The summed E-state index contributed by atoms with van der Waals surface area (Å²) in [6, 6.07) is 16.7. The van der Waals surface area contributed by atoms with E-state index in [9.17, 15) is 4.79 Å². The van der Waals surface area contributed by atoms with Crippen LogP contribution in [0.2, 0.25) is 0 Å². The molecule has 1 saturated heterocycles. The second-order valence-corrected chi connectivity index (χ2v) is 8.03. The molecule has 5 heteroatoms. The van der Waals surface area contributed by atoms with Gasteiger partial charge in [0.25, 0.3) is 0 Å². The van der Waals surface area contributed by atoms with Gasteiger partial charge in [0.15, 0.2) is 0 Å². The van der Waals surface area contributed by atoms with Crippen molar-refractivity contribution in [3.63, 3.8) is 0 Å². The number of ether oxygens (including phenoxy) is 1. The SMILES string of the molecule is CCN1CCC(NC(=O)CCc2c(-c3ccc(OC)cc3)[nH]c3ccccc23)CC1. The molecule has 5 nitrogen and oxygen atoms in total. The number of H-pyrrole nitrogens is 1. The van der Waals surface area contributed by atoms with Gasteiger partial charge in [-0.3, -0.25) is 4.79 Å². The number of likely N-dealkylation sites (tertiary alicyclic amines) is 1. The van der Waals surface area contributed by atoms with Crippen molar-refractivity contribution in [1.29, 1.82) is 0 Å². The van der Waals surface area contributed by atoms with Crippen molar-refractivity contribution in [2.75, 3.05) is 26.7 Å². The number of benzene rings is 2. The van der Waals surface area contributed by atoms with Crippen LogP contribution in [0.1, 0.15) is 31.7 Å². The number of rotatable bonds is 7. The minimum absolute atomic E-state index is 0.149. The van der Waals surface area contributed by atoms with Crippen molar-refractivity contribution < 1.29 is 9.53 Å². The van der Waals surface area contributed by atoms with Crippen LogP contribution in [-0.2, 0) is 11.2 Å². The number of nitrogens with one attached hydrogen (secondary N) is 2. The highest BCUT2D eigenvalue weighted by Crippen LogP contribution is 2.32. The van der Waals surface area contributed by atoms with Gasteiger partial charge in [0.2, 0.25) is 5.91 Å². The molecule has 1 aromatic heterocycles. The molecule has 0 atom stereocenters. The number of aromatic amines is 1. The van der Waals surface area contributed by atoms with E-state index in [1.165, 1.54) is 10.9 Å². The van der Waals surface area contributed by atoms with Crippen LogP contribution in [0.25, 0.3) is 22.2 Å². The fourth-order valence-corrected chi connectivity index (χ4v) is 4.40. The second kappa shape index (κ2) is 9.35. The van der Waals surface area contributed by atoms with E-state index < -0.39 is 0 Å². The van der Waals surface area contributed by atoms with Gasteiger partial charge in [-0.2, -0.15) is 0 Å². The minimum Gasteiger partial charge on any atom is -0.497 e. The fourth-order valence-electron chi connectivity index (χ4n) is 4.40. The summed E-state index contributed by atoms with van der Waals surface area (Å²) in [6.45, 7) is 5.44. The van der Waals surface area contributed by atoms with Gasteiger partial charge in [-0.15, -0.1) is 0 Å². The topological polar surface area (TPSA) is 57.4 Å². The molecule has 158 valence electrons. The second-order valence-electron chi connectivity index (χ2n) is 8.03. The number of fused-ring (bicyclic) bond motifs is 1. The van der Waals surface area contributed by atoms with E-state index in [2.05, 4.69) is 52.5 Å². The first kappa shape index (κ1) is 20.5. The van der Waals surface area contributed by atoms with E-state index in [4.69, 9.17) is 4.74 Å². The standard InChI is InChI=1S/C25H31N3O2/c1-3-28-16-14-19(15-17-28)26-24(29)13-12-22-21-6-4-5-7-23(21)27-25(22)18-8-10-20(30-2)11-9-18/h4-11,19,27H,3,12-17H2,1-2H3,(H,26,29). The molecular formula is C25H31N3O2. The summed E-state index contributed by atoms with van der Waals surface area (Å²) in [5, 5.41) is 4.44. The van der Waals surface area contributed by atoms with Crippen LogP contribution in [0.15, 0.2) is 48.5 Å². The van der Waals surface area contributed by atoms with Gasteiger partial charge >= 0.3 is 0 Å². The van der Waals surface area contributed by atoms with Gasteiger partial charge in [0.05, 0.1) is 7.11 Å².